The molecule has 0 atom stereocenters. The van der Waals surface area contributed by atoms with E-state index in [9.17, 15) is 0 Å². The van der Waals surface area contributed by atoms with Gasteiger partial charge < -0.3 is 13.3 Å². The fraction of sp³-hybridized carbons (Fsp3) is 0. The Morgan fingerprint density at radius 3 is 1.02 bits per heavy atom. The minimum absolute atomic E-state index is 0.762. The Labute approximate surface area is 255 Å². The molecule has 10 rings (SSSR count). The number of hydrogen-bond acceptors (Lipinski definition) is 6. The van der Waals surface area contributed by atoms with Crippen molar-refractivity contribution in [1.29, 1.82) is 0 Å². The number of furan rings is 3. The minimum Gasteiger partial charge on any atom is -0.454 e. The topological polar surface area (TPSA) is 78.1 Å². The summed E-state index contributed by atoms with van der Waals surface area (Å²) in [5, 5.41) is 6.28. The highest BCUT2D eigenvalue weighted by Gasteiger charge is 2.19. The molecule has 4 aromatic carbocycles. The molecule has 0 N–H and O–H groups in total. The summed E-state index contributed by atoms with van der Waals surface area (Å²) in [6.07, 6.45) is 10.7. The molecule has 6 aromatic heterocycles. The van der Waals surface area contributed by atoms with Gasteiger partial charge in [-0.3, -0.25) is 15.0 Å². The van der Waals surface area contributed by atoms with Crippen molar-refractivity contribution in [3.05, 3.63) is 128 Å². The summed E-state index contributed by atoms with van der Waals surface area (Å²) in [4.78, 5) is 12.9. The lowest BCUT2D eigenvalue weighted by atomic mass is 9.91. The van der Waals surface area contributed by atoms with Crippen molar-refractivity contribution in [2.75, 3.05) is 0 Å². The van der Waals surface area contributed by atoms with Crippen molar-refractivity contribution in [2.24, 2.45) is 0 Å². The maximum Gasteiger partial charge on any atom is 0.153 e. The Hall–Kier alpha value is -6.27. The van der Waals surface area contributed by atoms with Gasteiger partial charge in [0.1, 0.15) is 16.7 Å². The van der Waals surface area contributed by atoms with Crippen LogP contribution in [-0.4, -0.2) is 15.0 Å². The normalized spacial score (nSPS) is 12.0. The molecule has 0 radical (unpaired) electrons. The third-order valence-electron chi connectivity index (χ3n) is 8.77. The average molecular weight is 580 g/mol. The minimum atomic E-state index is 0.762. The molecule has 45 heavy (non-hydrogen) atoms. The van der Waals surface area contributed by atoms with Crippen LogP contribution in [0.5, 0.6) is 0 Å². The zero-order chi connectivity index (χ0) is 29.5. The summed E-state index contributed by atoms with van der Waals surface area (Å²) in [5.74, 6) is 0. The van der Waals surface area contributed by atoms with Crippen molar-refractivity contribution in [1.82, 2.24) is 15.0 Å². The molecule has 0 fully saturated rings. The summed E-state index contributed by atoms with van der Waals surface area (Å²) in [6.45, 7) is 0. The number of aromatic nitrogens is 3. The van der Waals surface area contributed by atoms with Crippen molar-refractivity contribution in [3.8, 4) is 33.4 Å². The molecular weight excluding hydrogens is 558 g/mol. The first-order chi connectivity index (χ1) is 22.3. The fourth-order valence-corrected chi connectivity index (χ4v) is 6.73. The van der Waals surface area contributed by atoms with E-state index in [1.54, 1.807) is 37.2 Å². The number of benzene rings is 4. The highest BCUT2D eigenvalue weighted by Crippen LogP contribution is 2.43. The first-order valence-electron chi connectivity index (χ1n) is 14.7. The molecule has 0 spiro atoms. The first-order valence-corrected chi connectivity index (χ1v) is 14.7. The van der Waals surface area contributed by atoms with Gasteiger partial charge in [-0.25, -0.2) is 0 Å². The number of pyridine rings is 3. The van der Waals surface area contributed by atoms with Crippen LogP contribution >= 0.6 is 0 Å². The van der Waals surface area contributed by atoms with Crippen LogP contribution < -0.4 is 0 Å². The van der Waals surface area contributed by atoms with E-state index in [4.69, 9.17) is 13.3 Å². The van der Waals surface area contributed by atoms with Gasteiger partial charge in [0.25, 0.3) is 0 Å². The Balaban J connectivity index is 1.29. The van der Waals surface area contributed by atoms with E-state index < -0.39 is 0 Å². The van der Waals surface area contributed by atoms with Gasteiger partial charge in [0.15, 0.2) is 16.7 Å². The zero-order valence-corrected chi connectivity index (χ0v) is 23.7. The SMILES string of the molecule is c1cc(-c2cc(-c3cccc4c3oc3cnccc34)cc(-c3cccc4c3oc3cnccc34)c2)c2oc3cnccc3c2c1. The number of para-hydroxylation sites is 3. The predicted octanol–water partition coefficient (Wildman–Crippen LogP) is 10.6. The van der Waals surface area contributed by atoms with Gasteiger partial charge in [0.2, 0.25) is 0 Å². The van der Waals surface area contributed by atoms with Crippen LogP contribution in [0.1, 0.15) is 0 Å². The Morgan fingerprint density at radius 1 is 0.356 bits per heavy atom. The van der Waals surface area contributed by atoms with Crippen LogP contribution in [0, 0.1) is 0 Å². The molecule has 0 bridgehead atoms. The van der Waals surface area contributed by atoms with E-state index >= 15 is 0 Å². The Morgan fingerprint density at radius 2 is 0.689 bits per heavy atom. The molecule has 0 aliphatic heterocycles. The van der Waals surface area contributed by atoms with E-state index in [-0.39, 0.29) is 0 Å². The van der Waals surface area contributed by atoms with Crippen molar-refractivity contribution in [2.45, 2.75) is 0 Å². The Bertz CT molecular complexity index is 2470. The monoisotopic (exact) mass is 579 g/mol. The number of fused-ring (bicyclic) bond motifs is 9. The molecule has 0 saturated carbocycles. The summed E-state index contributed by atoms with van der Waals surface area (Å²) >= 11 is 0. The molecule has 0 saturated heterocycles. The zero-order valence-electron chi connectivity index (χ0n) is 23.7. The molecule has 6 heterocycles. The van der Waals surface area contributed by atoms with Crippen molar-refractivity contribution in [3.63, 3.8) is 0 Å². The lowest BCUT2D eigenvalue weighted by molar-refractivity contribution is 0.668. The molecular formula is C39H21N3O3. The molecule has 10 aromatic rings. The van der Waals surface area contributed by atoms with Gasteiger partial charge >= 0.3 is 0 Å². The maximum atomic E-state index is 6.44. The van der Waals surface area contributed by atoms with Crippen molar-refractivity contribution >= 4 is 65.8 Å². The van der Waals surface area contributed by atoms with Gasteiger partial charge in [0.05, 0.1) is 18.6 Å². The summed E-state index contributed by atoms with van der Waals surface area (Å²) in [5.41, 5.74) is 10.8. The molecule has 210 valence electrons. The highest BCUT2D eigenvalue weighted by atomic mass is 16.3. The van der Waals surface area contributed by atoms with E-state index in [0.717, 1.165) is 99.2 Å². The quantitative estimate of drug-likeness (QED) is 0.207. The van der Waals surface area contributed by atoms with Crippen molar-refractivity contribution < 1.29 is 13.3 Å². The number of rotatable bonds is 3. The molecule has 0 unspecified atom stereocenters. The Kier molecular flexibility index (Phi) is 4.90. The first kappa shape index (κ1) is 24.2. The van der Waals surface area contributed by atoms with Crippen LogP contribution in [0.2, 0.25) is 0 Å². The van der Waals surface area contributed by atoms with E-state index in [1.807, 2.05) is 18.2 Å². The lowest BCUT2D eigenvalue weighted by Crippen LogP contribution is -1.88. The molecule has 6 heteroatoms. The van der Waals surface area contributed by atoms with Crippen LogP contribution in [0.15, 0.2) is 141 Å². The van der Waals surface area contributed by atoms with Gasteiger partial charge in [-0.1, -0.05) is 54.6 Å². The summed E-state index contributed by atoms with van der Waals surface area (Å²) in [6, 6.07) is 31.5. The largest absolute Gasteiger partial charge is 0.454 e. The maximum absolute atomic E-state index is 6.44. The predicted molar refractivity (Wildman–Crippen MR) is 178 cm³/mol. The van der Waals surface area contributed by atoms with Crippen LogP contribution in [-0.2, 0) is 0 Å². The molecule has 0 aliphatic rings. The second kappa shape index (κ2) is 9.11. The van der Waals surface area contributed by atoms with E-state index in [1.165, 1.54) is 0 Å². The van der Waals surface area contributed by atoms with E-state index in [0.29, 0.717) is 0 Å². The second-order valence-electron chi connectivity index (χ2n) is 11.3. The lowest BCUT2D eigenvalue weighted by Gasteiger charge is -2.12. The summed E-state index contributed by atoms with van der Waals surface area (Å²) < 4.78 is 19.3. The van der Waals surface area contributed by atoms with Gasteiger partial charge in [0, 0.05) is 67.6 Å². The van der Waals surface area contributed by atoms with E-state index in [2.05, 4.69) is 87.7 Å². The van der Waals surface area contributed by atoms with Crippen LogP contribution in [0.3, 0.4) is 0 Å². The van der Waals surface area contributed by atoms with Gasteiger partial charge in [-0.2, -0.15) is 0 Å². The summed E-state index contributed by atoms with van der Waals surface area (Å²) in [7, 11) is 0. The third kappa shape index (κ3) is 3.53. The average Bonchev–Trinajstić information content (AvgIpc) is 3.79. The van der Waals surface area contributed by atoms with Gasteiger partial charge in [-0.05, 0) is 53.1 Å². The van der Waals surface area contributed by atoms with Gasteiger partial charge in [-0.15, -0.1) is 0 Å². The third-order valence-corrected chi connectivity index (χ3v) is 8.77. The standard InChI is InChI=1S/C39H21N3O3/c1-4-25(37-31(7-1)28-10-13-40-19-34(28)43-37)22-16-23(26-5-2-8-32-29-11-14-41-20-35(29)44-38(26)32)18-24(17-22)27-6-3-9-33-30-12-15-42-21-36(30)45-39(27)33/h1-21H. The smallest absolute Gasteiger partial charge is 0.153 e. The fourth-order valence-electron chi connectivity index (χ4n) is 6.73. The number of nitrogens with zero attached hydrogens (tertiary/aromatic N) is 3. The second-order valence-corrected chi connectivity index (χ2v) is 11.3. The molecule has 6 nitrogen and oxygen atoms in total. The highest BCUT2D eigenvalue weighted by molar-refractivity contribution is 6.13. The molecule has 0 amide bonds. The van der Waals surface area contributed by atoms with Crippen LogP contribution in [0.4, 0.5) is 0 Å². The number of hydrogen-bond donors (Lipinski definition) is 0. The molecule has 0 aliphatic carbocycles. The van der Waals surface area contributed by atoms with Crippen LogP contribution in [0.25, 0.3) is 99.2 Å².